The predicted octanol–water partition coefficient (Wildman–Crippen LogP) is 3.17. The van der Waals surface area contributed by atoms with Gasteiger partial charge in [0.2, 0.25) is 0 Å². The van der Waals surface area contributed by atoms with Gasteiger partial charge in [-0.3, -0.25) is 4.90 Å². The molecule has 136 valence electrons. The van der Waals surface area contributed by atoms with Crippen molar-refractivity contribution in [2.75, 3.05) is 37.6 Å². The Morgan fingerprint density at radius 3 is 2.65 bits per heavy atom. The second-order valence-electron chi connectivity index (χ2n) is 7.45. The average Bonchev–Trinajstić information content (AvgIpc) is 3.05. The van der Waals surface area contributed by atoms with Crippen LogP contribution in [0.25, 0.3) is 10.9 Å². The van der Waals surface area contributed by atoms with Crippen molar-refractivity contribution in [3.05, 3.63) is 65.9 Å². The minimum absolute atomic E-state index is 0.166. The Hall–Kier alpha value is -2.30. The van der Waals surface area contributed by atoms with Crippen LogP contribution in [0.4, 0.5) is 5.69 Å². The van der Waals surface area contributed by atoms with Crippen molar-refractivity contribution in [2.24, 2.45) is 5.73 Å². The first-order valence-corrected chi connectivity index (χ1v) is 9.53. The number of nitrogens with one attached hydrogen (secondary N) is 1. The number of aromatic nitrogens is 1. The first kappa shape index (κ1) is 17.1. The molecule has 4 heteroatoms. The lowest BCUT2D eigenvalue weighted by Crippen LogP contribution is -2.50. The van der Waals surface area contributed by atoms with Gasteiger partial charge in [0.25, 0.3) is 0 Å². The highest BCUT2D eigenvalue weighted by Crippen LogP contribution is 2.20. The topological polar surface area (TPSA) is 48.3 Å². The molecule has 0 aliphatic carbocycles. The molecule has 3 aromatic rings. The minimum Gasteiger partial charge on any atom is -0.369 e. The molecule has 4 rings (SSSR count). The van der Waals surface area contributed by atoms with E-state index in [1.165, 1.54) is 27.7 Å². The zero-order chi connectivity index (χ0) is 17.9. The predicted molar refractivity (Wildman–Crippen MR) is 110 cm³/mol. The van der Waals surface area contributed by atoms with Gasteiger partial charge in [-0.25, -0.2) is 0 Å². The van der Waals surface area contributed by atoms with E-state index < -0.39 is 0 Å². The van der Waals surface area contributed by atoms with E-state index in [-0.39, 0.29) is 6.04 Å². The van der Waals surface area contributed by atoms with Crippen molar-refractivity contribution in [3.8, 4) is 0 Å². The van der Waals surface area contributed by atoms with Crippen LogP contribution in [-0.2, 0) is 6.42 Å². The first-order valence-electron chi connectivity index (χ1n) is 9.53. The normalized spacial score (nSPS) is 16.9. The van der Waals surface area contributed by atoms with E-state index in [1.807, 2.05) is 0 Å². The molecule has 1 aromatic heterocycles. The van der Waals surface area contributed by atoms with Gasteiger partial charge in [-0.15, -0.1) is 0 Å². The fourth-order valence-corrected chi connectivity index (χ4v) is 3.99. The van der Waals surface area contributed by atoms with E-state index >= 15 is 0 Å². The van der Waals surface area contributed by atoms with Crippen LogP contribution >= 0.6 is 0 Å². The number of aryl methyl sites for hydroxylation is 1. The standard InChI is InChI=1S/C22H28N4/c1-17-5-4-6-20(13-17)26-11-9-25(10-12-26)16-19(23)14-18-15-24-22-8-3-2-7-21(18)22/h2-8,13,15,19,24H,9-12,14,16,23H2,1H3/t19-/m0/s1. The third-order valence-corrected chi connectivity index (χ3v) is 5.39. The van der Waals surface area contributed by atoms with Crippen molar-refractivity contribution in [3.63, 3.8) is 0 Å². The Bertz CT molecular complexity index is 861. The van der Waals surface area contributed by atoms with Gasteiger partial charge in [0.1, 0.15) is 0 Å². The van der Waals surface area contributed by atoms with Crippen LogP contribution < -0.4 is 10.6 Å². The SMILES string of the molecule is Cc1cccc(N2CCN(C[C@@H](N)Cc3c[nH]c4ccccc34)CC2)c1. The summed E-state index contributed by atoms with van der Waals surface area (Å²) in [5.41, 5.74) is 11.7. The maximum atomic E-state index is 6.48. The lowest BCUT2D eigenvalue weighted by atomic mass is 10.0. The molecule has 2 heterocycles. The second-order valence-corrected chi connectivity index (χ2v) is 7.45. The van der Waals surface area contributed by atoms with Gasteiger partial charge in [-0.2, -0.15) is 0 Å². The molecule has 1 aliphatic rings. The van der Waals surface area contributed by atoms with Crippen molar-refractivity contribution >= 4 is 16.6 Å². The number of hydrogen-bond donors (Lipinski definition) is 2. The first-order chi connectivity index (χ1) is 12.7. The van der Waals surface area contributed by atoms with Crippen molar-refractivity contribution in [2.45, 2.75) is 19.4 Å². The van der Waals surface area contributed by atoms with Crippen molar-refractivity contribution < 1.29 is 0 Å². The van der Waals surface area contributed by atoms with Gasteiger partial charge in [0, 0.05) is 61.6 Å². The number of benzene rings is 2. The number of aromatic amines is 1. The number of hydrogen-bond acceptors (Lipinski definition) is 3. The fourth-order valence-electron chi connectivity index (χ4n) is 3.99. The monoisotopic (exact) mass is 348 g/mol. The molecule has 0 saturated carbocycles. The molecular formula is C22H28N4. The van der Waals surface area contributed by atoms with Crippen LogP contribution in [0.5, 0.6) is 0 Å². The summed E-state index contributed by atoms with van der Waals surface area (Å²) in [6.07, 6.45) is 3.03. The summed E-state index contributed by atoms with van der Waals surface area (Å²) >= 11 is 0. The van der Waals surface area contributed by atoms with Gasteiger partial charge in [-0.1, -0.05) is 30.3 Å². The van der Waals surface area contributed by atoms with Crippen LogP contribution in [-0.4, -0.2) is 48.6 Å². The van der Waals surface area contributed by atoms with E-state index in [4.69, 9.17) is 5.73 Å². The molecular weight excluding hydrogens is 320 g/mol. The molecule has 1 saturated heterocycles. The number of nitrogens with two attached hydrogens (primary N) is 1. The average molecular weight is 348 g/mol. The highest BCUT2D eigenvalue weighted by molar-refractivity contribution is 5.83. The Balaban J connectivity index is 1.31. The summed E-state index contributed by atoms with van der Waals surface area (Å²) in [4.78, 5) is 8.34. The molecule has 1 fully saturated rings. The van der Waals surface area contributed by atoms with E-state index in [0.29, 0.717) is 0 Å². The molecule has 0 spiro atoms. The number of nitrogens with zero attached hydrogens (tertiary/aromatic N) is 2. The zero-order valence-corrected chi connectivity index (χ0v) is 15.5. The van der Waals surface area contributed by atoms with Crippen LogP contribution in [0.15, 0.2) is 54.7 Å². The number of rotatable bonds is 5. The number of H-pyrrole nitrogens is 1. The summed E-state index contributed by atoms with van der Waals surface area (Å²) in [7, 11) is 0. The van der Waals surface area contributed by atoms with Crippen molar-refractivity contribution in [1.29, 1.82) is 0 Å². The number of anilines is 1. The smallest absolute Gasteiger partial charge is 0.0456 e. The lowest BCUT2D eigenvalue weighted by Gasteiger charge is -2.37. The van der Waals surface area contributed by atoms with Gasteiger partial charge in [-0.05, 0) is 42.7 Å². The Morgan fingerprint density at radius 1 is 1.04 bits per heavy atom. The summed E-state index contributed by atoms with van der Waals surface area (Å²) < 4.78 is 0. The van der Waals surface area contributed by atoms with Gasteiger partial charge in [0.05, 0.1) is 0 Å². The van der Waals surface area contributed by atoms with E-state index in [1.54, 1.807) is 0 Å². The molecule has 1 aliphatic heterocycles. The van der Waals surface area contributed by atoms with E-state index in [0.717, 1.165) is 39.1 Å². The summed E-state index contributed by atoms with van der Waals surface area (Å²) in [6, 6.07) is 17.4. The third-order valence-electron chi connectivity index (χ3n) is 5.39. The van der Waals surface area contributed by atoms with E-state index in [2.05, 4.69) is 76.4 Å². The number of para-hydroxylation sites is 1. The highest BCUT2D eigenvalue weighted by Gasteiger charge is 2.19. The molecule has 0 bridgehead atoms. The van der Waals surface area contributed by atoms with Crippen LogP contribution in [0.2, 0.25) is 0 Å². The molecule has 3 N–H and O–H groups in total. The van der Waals surface area contributed by atoms with Crippen LogP contribution in [0, 0.1) is 6.92 Å². The second kappa shape index (κ2) is 7.52. The molecule has 0 radical (unpaired) electrons. The lowest BCUT2D eigenvalue weighted by molar-refractivity contribution is 0.242. The largest absolute Gasteiger partial charge is 0.369 e. The van der Waals surface area contributed by atoms with Gasteiger partial charge in [0.15, 0.2) is 0 Å². The summed E-state index contributed by atoms with van der Waals surface area (Å²) in [6.45, 7) is 7.42. The van der Waals surface area contributed by atoms with E-state index in [9.17, 15) is 0 Å². The fraction of sp³-hybridized carbons (Fsp3) is 0.364. The quantitative estimate of drug-likeness (QED) is 0.744. The summed E-state index contributed by atoms with van der Waals surface area (Å²) in [5, 5.41) is 1.30. The maximum absolute atomic E-state index is 6.48. The molecule has 26 heavy (non-hydrogen) atoms. The van der Waals surface area contributed by atoms with Crippen LogP contribution in [0.3, 0.4) is 0 Å². The Kier molecular flexibility index (Phi) is 4.96. The van der Waals surface area contributed by atoms with Crippen molar-refractivity contribution in [1.82, 2.24) is 9.88 Å². The highest BCUT2D eigenvalue weighted by atomic mass is 15.3. The van der Waals surface area contributed by atoms with Gasteiger partial charge >= 0.3 is 0 Å². The number of piperazine rings is 1. The third kappa shape index (κ3) is 3.76. The van der Waals surface area contributed by atoms with Crippen LogP contribution in [0.1, 0.15) is 11.1 Å². The van der Waals surface area contributed by atoms with Gasteiger partial charge < -0.3 is 15.6 Å². The Labute approximate surface area is 155 Å². The molecule has 2 aromatic carbocycles. The number of fused-ring (bicyclic) bond motifs is 1. The maximum Gasteiger partial charge on any atom is 0.0456 e. The Morgan fingerprint density at radius 2 is 1.85 bits per heavy atom. The molecule has 4 nitrogen and oxygen atoms in total. The minimum atomic E-state index is 0.166. The zero-order valence-electron chi connectivity index (χ0n) is 15.5. The molecule has 0 amide bonds. The molecule has 0 unspecified atom stereocenters. The summed E-state index contributed by atoms with van der Waals surface area (Å²) in [5.74, 6) is 0. The molecule has 1 atom stereocenters.